The first kappa shape index (κ1) is 21.9. The molecule has 0 unspecified atom stereocenters. The Morgan fingerprint density at radius 1 is 1.30 bits per heavy atom. The van der Waals surface area contributed by atoms with Gasteiger partial charge in [-0.25, -0.2) is 13.4 Å². The summed E-state index contributed by atoms with van der Waals surface area (Å²) in [6, 6.07) is 0. The SMILES string of the molecule is CCc1nsc(N2CCN(C(=NC)NCC(C)(C)CCS(C)(=O)=O)CC2)n1. The largest absolute Gasteiger partial charge is 0.356 e. The van der Waals surface area contributed by atoms with E-state index in [9.17, 15) is 8.42 Å². The minimum absolute atomic E-state index is 0.121. The molecule has 0 bridgehead atoms. The van der Waals surface area contributed by atoms with Gasteiger partial charge in [-0.05, 0) is 11.8 Å². The number of guanidine groups is 1. The molecule has 1 N–H and O–H groups in total. The molecule has 2 heterocycles. The van der Waals surface area contributed by atoms with Crippen LogP contribution in [0.2, 0.25) is 0 Å². The van der Waals surface area contributed by atoms with Crippen LogP contribution in [-0.4, -0.2) is 80.4 Å². The van der Waals surface area contributed by atoms with Crippen molar-refractivity contribution >= 4 is 32.5 Å². The van der Waals surface area contributed by atoms with E-state index in [2.05, 4.69) is 50.2 Å². The molecule has 0 atom stereocenters. The molecule has 8 nitrogen and oxygen atoms in total. The minimum Gasteiger partial charge on any atom is -0.356 e. The highest BCUT2D eigenvalue weighted by Gasteiger charge is 2.25. The van der Waals surface area contributed by atoms with Gasteiger partial charge in [-0.2, -0.15) is 4.37 Å². The monoisotopic (exact) mass is 416 g/mol. The third kappa shape index (κ3) is 6.91. The molecule has 0 radical (unpaired) electrons. The lowest BCUT2D eigenvalue weighted by Gasteiger charge is -2.37. The van der Waals surface area contributed by atoms with Crippen LogP contribution in [0.1, 0.15) is 33.0 Å². The van der Waals surface area contributed by atoms with Gasteiger partial charge in [0, 0.05) is 64.0 Å². The number of hydrogen-bond acceptors (Lipinski definition) is 7. The molecule has 1 aromatic rings. The third-order valence-electron chi connectivity index (χ3n) is 4.71. The first-order chi connectivity index (χ1) is 12.6. The van der Waals surface area contributed by atoms with Gasteiger partial charge in [-0.1, -0.05) is 20.8 Å². The molecule has 1 fully saturated rings. The molecule has 154 valence electrons. The number of aliphatic imine (C=N–C) groups is 1. The zero-order valence-corrected chi connectivity index (χ0v) is 18.7. The summed E-state index contributed by atoms with van der Waals surface area (Å²) in [5, 5.41) is 4.42. The molecule has 1 aromatic heterocycles. The van der Waals surface area contributed by atoms with Crippen LogP contribution in [0.3, 0.4) is 0 Å². The Labute approximate surface area is 167 Å². The Balaban J connectivity index is 1.84. The molecule has 0 aromatic carbocycles. The normalized spacial score (nSPS) is 16.7. The van der Waals surface area contributed by atoms with Gasteiger partial charge in [0.2, 0.25) is 5.13 Å². The van der Waals surface area contributed by atoms with Crippen LogP contribution >= 0.6 is 11.5 Å². The molecule has 27 heavy (non-hydrogen) atoms. The lowest BCUT2D eigenvalue weighted by Crippen LogP contribution is -2.53. The van der Waals surface area contributed by atoms with Crippen LogP contribution in [0.25, 0.3) is 0 Å². The van der Waals surface area contributed by atoms with E-state index in [1.54, 1.807) is 7.05 Å². The molecule has 0 amide bonds. The zero-order chi connectivity index (χ0) is 20.1. The summed E-state index contributed by atoms with van der Waals surface area (Å²) in [5.41, 5.74) is -0.121. The van der Waals surface area contributed by atoms with Crippen molar-refractivity contribution < 1.29 is 8.42 Å². The number of aromatic nitrogens is 2. The maximum atomic E-state index is 11.4. The van der Waals surface area contributed by atoms with Crippen molar-refractivity contribution in [3.63, 3.8) is 0 Å². The van der Waals surface area contributed by atoms with E-state index >= 15 is 0 Å². The van der Waals surface area contributed by atoms with Crippen molar-refractivity contribution in [1.82, 2.24) is 19.6 Å². The Kier molecular flexibility index (Phi) is 7.44. The fourth-order valence-corrected chi connectivity index (χ4v) is 4.55. The Hall–Kier alpha value is -1.42. The second kappa shape index (κ2) is 9.18. The molecule has 1 aliphatic rings. The molecule has 2 rings (SSSR count). The summed E-state index contributed by atoms with van der Waals surface area (Å²) >= 11 is 1.47. The molecule has 0 saturated carbocycles. The van der Waals surface area contributed by atoms with Gasteiger partial charge in [0.25, 0.3) is 0 Å². The Bertz CT molecular complexity index is 736. The van der Waals surface area contributed by atoms with Gasteiger partial charge < -0.3 is 15.1 Å². The average molecular weight is 417 g/mol. The van der Waals surface area contributed by atoms with E-state index in [1.165, 1.54) is 17.8 Å². The topological polar surface area (TPSA) is 90.8 Å². The Morgan fingerprint density at radius 3 is 2.48 bits per heavy atom. The van der Waals surface area contributed by atoms with Crippen LogP contribution in [0.15, 0.2) is 4.99 Å². The number of aryl methyl sites for hydroxylation is 1. The quantitative estimate of drug-likeness (QED) is 0.528. The van der Waals surface area contributed by atoms with Crippen LogP contribution in [-0.2, 0) is 16.3 Å². The van der Waals surface area contributed by atoms with Crippen LogP contribution < -0.4 is 10.2 Å². The van der Waals surface area contributed by atoms with E-state index in [0.717, 1.165) is 49.5 Å². The van der Waals surface area contributed by atoms with E-state index in [4.69, 9.17) is 0 Å². The van der Waals surface area contributed by atoms with Crippen molar-refractivity contribution in [1.29, 1.82) is 0 Å². The number of hydrogen-bond donors (Lipinski definition) is 1. The standard InChI is InChI=1S/C17H32N6O2S2/c1-6-14-20-16(26-21-14)23-10-8-22(9-11-23)15(18-4)19-13-17(2,3)7-12-27(5,24)25/h6-13H2,1-5H3,(H,18,19). The smallest absolute Gasteiger partial charge is 0.205 e. The molecule has 0 aliphatic carbocycles. The van der Waals surface area contributed by atoms with Gasteiger partial charge in [-0.15, -0.1) is 0 Å². The predicted octanol–water partition coefficient (Wildman–Crippen LogP) is 1.26. The minimum atomic E-state index is -2.94. The third-order valence-corrected chi connectivity index (χ3v) is 6.47. The van der Waals surface area contributed by atoms with E-state index in [0.29, 0.717) is 13.0 Å². The summed E-state index contributed by atoms with van der Waals surface area (Å²) in [5.74, 6) is 1.99. The summed E-state index contributed by atoms with van der Waals surface area (Å²) in [6.45, 7) is 10.4. The van der Waals surface area contributed by atoms with Crippen LogP contribution in [0.5, 0.6) is 0 Å². The van der Waals surface area contributed by atoms with Gasteiger partial charge in [0.05, 0.1) is 5.75 Å². The summed E-state index contributed by atoms with van der Waals surface area (Å²) in [7, 11) is -1.15. The predicted molar refractivity (Wildman–Crippen MR) is 113 cm³/mol. The number of nitrogens with zero attached hydrogens (tertiary/aromatic N) is 5. The fourth-order valence-electron chi connectivity index (χ4n) is 2.83. The summed E-state index contributed by atoms with van der Waals surface area (Å²) in [6.07, 6.45) is 2.78. The molecule has 10 heteroatoms. The van der Waals surface area contributed by atoms with Crippen molar-refractivity contribution in [3.8, 4) is 0 Å². The van der Waals surface area contributed by atoms with Crippen molar-refractivity contribution in [3.05, 3.63) is 5.82 Å². The molecule has 1 saturated heterocycles. The van der Waals surface area contributed by atoms with Gasteiger partial charge in [0.1, 0.15) is 15.7 Å². The molecular formula is C17H32N6O2S2. The van der Waals surface area contributed by atoms with Crippen LogP contribution in [0.4, 0.5) is 5.13 Å². The Morgan fingerprint density at radius 2 is 1.96 bits per heavy atom. The molecule has 0 spiro atoms. The van der Waals surface area contributed by atoms with Gasteiger partial charge >= 0.3 is 0 Å². The molecular weight excluding hydrogens is 384 g/mol. The van der Waals surface area contributed by atoms with Crippen molar-refractivity contribution in [2.24, 2.45) is 10.4 Å². The first-order valence-electron chi connectivity index (χ1n) is 9.34. The summed E-state index contributed by atoms with van der Waals surface area (Å²) < 4.78 is 27.2. The fraction of sp³-hybridized carbons (Fsp3) is 0.824. The van der Waals surface area contributed by atoms with E-state index < -0.39 is 9.84 Å². The highest BCUT2D eigenvalue weighted by atomic mass is 32.2. The number of piperazine rings is 1. The van der Waals surface area contributed by atoms with Crippen molar-refractivity contribution in [2.75, 3.05) is 56.7 Å². The number of anilines is 1. The number of sulfone groups is 1. The average Bonchev–Trinajstić information content (AvgIpc) is 3.10. The second-order valence-corrected chi connectivity index (χ2v) is 10.8. The van der Waals surface area contributed by atoms with E-state index in [1.807, 2.05) is 0 Å². The lowest BCUT2D eigenvalue weighted by molar-refractivity contribution is 0.327. The maximum absolute atomic E-state index is 11.4. The highest BCUT2D eigenvalue weighted by molar-refractivity contribution is 7.90. The lowest BCUT2D eigenvalue weighted by atomic mass is 9.90. The second-order valence-electron chi connectivity index (χ2n) is 7.77. The van der Waals surface area contributed by atoms with E-state index in [-0.39, 0.29) is 11.2 Å². The first-order valence-corrected chi connectivity index (χ1v) is 12.2. The summed E-state index contributed by atoms with van der Waals surface area (Å²) in [4.78, 5) is 13.5. The zero-order valence-electron chi connectivity index (χ0n) is 17.0. The highest BCUT2D eigenvalue weighted by Crippen LogP contribution is 2.21. The van der Waals surface area contributed by atoms with Crippen molar-refractivity contribution in [2.45, 2.75) is 33.6 Å². The number of nitrogens with one attached hydrogen (secondary N) is 1. The maximum Gasteiger partial charge on any atom is 0.205 e. The van der Waals surface area contributed by atoms with Gasteiger partial charge in [-0.3, -0.25) is 4.99 Å². The van der Waals surface area contributed by atoms with Gasteiger partial charge in [0.15, 0.2) is 5.96 Å². The number of rotatable bonds is 7. The molecule has 1 aliphatic heterocycles. The van der Waals surface area contributed by atoms with Crippen LogP contribution in [0, 0.1) is 5.41 Å².